The van der Waals surface area contributed by atoms with E-state index in [2.05, 4.69) is 10.2 Å². The highest BCUT2D eigenvalue weighted by Gasteiger charge is 2.28. The quantitative estimate of drug-likeness (QED) is 0.830. The predicted octanol–water partition coefficient (Wildman–Crippen LogP) is 2.36. The summed E-state index contributed by atoms with van der Waals surface area (Å²) < 4.78 is 10.7. The minimum Gasteiger partial charge on any atom is -0.480 e. The van der Waals surface area contributed by atoms with Crippen molar-refractivity contribution in [3.8, 4) is 11.8 Å². The fourth-order valence-electron chi connectivity index (χ4n) is 2.62. The maximum absolute atomic E-state index is 12.4. The Kier molecular flexibility index (Phi) is 5.15. The Bertz CT molecular complexity index is 708. The molecule has 1 unspecified atom stereocenters. The lowest BCUT2D eigenvalue weighted by Gasteiger charge is -2.17. The third-order valence-corrected chi connectivity index (χ3v) is 4.28. The van der Waals surface area contributed by atoms with Crippen molar-refractivity contribution in [1.82, 2.24) is 15.1 Å². The molecule has 0 saturated carbocycles. The van der Waals surface area contributed by atoms with Crippen LogP contribution in [0.5, 0.6) is 11.8 Å². The molecule has 2 heterocycles. The van der Waals surface area contributed by atoms with Crippen LogP contribution in [-0.2, 0) is 11.2 Å². The van der Waals surface area contributed by atoms with Crippen LogP contribution >= 0.6 is 11.6 Å². The van der Waals surface area contributed by atoms with E-state index >= 15 is 0 Å². The molecule has 126 valence electrons. The van der Waals surface area contributed by atoms with Crippen LogP contribution in [0.3, 0.4) is 0 Å². The van der Waals surface area contributed by atoms with Gasteiger partial charge in [-0.15, -0.1) is 10.2 Å². The molecule has 2 aromatic rings. The van der Waals surface area contributed by atoms with Crippen LogP contribution in [0, 0.1) is 0 Å². The van der Waals surface area contributed by atoms with E-state index in [1.807, 2.05) is 18.2 Å². The molecule has 0 bridgehead atoms. The van der Waals surface area contributed by atoms with Gasteiger partial charge in [-0.1, -0.05) is 29.8 Å². The number of likely N-dealkylation sites (tertiary alicyclic amines) is 1. The molecule has 0 aliphatic carbocycles. The van der Waals surface area contributed by atoms with Gasteiger partial charge in [0.1, 0.15) is 6.10 Å². The number of halogens is 1. The third kappa shape index (κ3) is 3.94. The summed E-state index contributed by atoms with van der Waals surface area (Å²) in [6.07, 6.45) is 0.986. The second kappa shape index (κ2) is 7.49. The maximum Gasteiger partial charge on any atom is 0.233 e. The van der Waals surface area contributed by atoms with Crippen molar-refractivity contribution in [1.29, 1.82) is 0 Å². The van der Waals surface area contributed by atoms with Gasteiger partial charge in [-0.3, -0.25) is 4.79 Å². The average molecular weight is 348 g/mol. The molecule has 1 aliphatic rings. The van der Waals surface area contributed by atoms with Gasteiger partial charge in [0.15, 0.2) is 0 Å². The lowest BCUT2D eigenvalue weighted by Crippen LogP contribution is -2.32. The molecule has 1 atom stereocenters. The SMILES string of the molecule is COc1ccc(OC2CCN(C(=O)Cc3ccccc3Cl)C2)nn1. The van der Waals surface area contributed by atoms with E-state index in [1.54, 1.807) is 23.1 Å². The van der Waals surface area contributed by atoms with Gasteiger partial charge < -0.3 is 14.4 Å². The highest BCUT2D eigenvalue weighted by atomic mass is 35.5. The summed E-state index contributed by atoms with van der Waals surface area (Å²) in [5.74, 6) is 0.918. The van der Waals surface area contributed by atoms with Gasteiger partial charge >= 0.3 is 0 Å². The first kappa shape index (κ1) is 16.5. The Morgan fingerprint density at radius 2 is 2.00 bits per heavy atom. The summed E-state index contributed by atoms with van der Waals surface area (Å²) >= 11 is 6.11. The van der Waals surface area contributed by atoms with Crippen molar-refractivity contribution in [2.45, 2.75) is 18.9 Å². The molecule has 1 aromatic heterocycles. The van der Waals surface area contributed by atoms with Crippen LogP contribution in [-0.4, -0.2) is 47.3 Å². The minimum atomic E-state index is -0.0807. The lowest BCUT2D eigenvalue weighted by molar-refractivity contribution is -0.129. The zero-order valence-corrected chi connectivity index (χ0v) is 14.1. The molecule has 1 aliphatic heterocycles. The number of nitrogens with zero attached hydrogens (tertiary/aromatic N) is 3. The number of hydrogen-bond acceptors (Lipinski definition) is 5. The molecule has 3 rings (SSSR count). The molecular formula is C17H18ClN3O3. The number of benzene rings is 1. The molecule has 0 N–H and O–H groups in total. The van der Waals surface area contributed by atoms with E-state index < -0.39 is 0 Å². The van der Waals surface area contributed by atoms with E-state index in [4.69, 9.17) is 21.1 Å². The number of rotatable bonds is 5. The molecule has 7 heteroatoms. The van der Waals surface area contributed by atoms with Gasteiger partial charge in [-0.2, -0.15) is 0 Å². The lowest BCUT2D eigenvalue weighted by atomic mass is 10.1. The summed E-state index contributed by atoms with van der Waals surface area (Å²) in [7, 11) is 1.53. The largest absolute Gasteiger partial charge is 0.480 e. The Labute approximate surface area is 145 Å². The Morgan fingerprint density at radius 1 is 1.25 bits per heavy atom. The number of ether oxygens (including phenoxy) is 2. The second-order valence-corrected chi connectivity index (χ2v) is 5.96. The fourth-order valence-corrected chi connectivity index (χ4v) is 2.82. The summed E-state index contributed by atoms with van der Waals surface area (Å²) in [5, 5.41) is 8.43. The average Bonchev–Trinajstić information content (AvgIpc) is 3.06. The van der Waals surface area contributed by atoms with Crippen molar-refractivity contribution < 1.29 is 14.3 Å². The Balaban J connectivity index is 1.54. The van der Waals surface area contributed by atoms with Crippen LogP contribution in [0.2, 0.25) is 5.02 Å². The van der Waals surface area contributed by atoms with Gasteiger partial charge in [-0.05, 0) is 11.6 Å². The minimum absolute atomic E-state index is 0.0509. The van der Waals surface area contributed by atoms with Crippen LogP contribution in [0.4, 0.5) is 0 Å². The van der Waals surface area contributed by atoms with Gasteiger partial charge in [0.05, 0.1) is 20.1 Å². The molecule has 1 saturated heterocycles. The first-order chi connectivity index (χ1) is 11.7. The predicted molar refractivity (Wildman–Crippen MR) is 89.4 cm³/mol. The zero-order valence-electron chi connectivity index (χ0n) is 13.3. The number of carbonyl (C=O) groups excluding carboxylic acids is 1. The third-order valence-electron chi connectivity index (χ3n) is 3.91. The fraction of sp³-hybridized carbons (Fsp3) is 0.353. The highest BCUT2D eigenvalue weighted by Crippen LogP contribution is 2.20. The van der Waals surface area contributed by atoms with E-state index in [9.17, 15) is 4.79 Å². The van der Waals surface area contributed by atoms with Crippen LogP contribution in [0.15, 0.2) is 36.4 Å². The summed E-state index contributed by atoms with van der Waals surface area (Å²) in [6, 6.07) is 10.8. The molecule has 1 aromatic carbocycles. The molecule has 6 nitrogen and oxygen atoms in total. The number of carbonyl (C=O) groups is 1. The van der Waals surface area contributed by atoms with Gasteiger partial charge in [-0.25, -0.2) is 0 Å². The van der Waals surface area contributed by atoms with E-state index in [1.165, 1.54) is 7.11 Å². The molecule has 24 heavy (non-hydrogen) atoms. The van der Waals surface area contributed by atoms with Crippen molar-refractivity contribution in [3.63, 3.8) is 0 Å². The molecule has 0 spiro atoms. The van der Waals surface area contributed by atoms with E-state index in [0.717, 1.165) is 12.0 Å². The summed E-state index contributed by atoms with van der Waals surface area (Å²) in [5.41, 5.74) is 0.842. The number of methoxy groups -OCH3 is 1. The van der Waals surface area contributed by atoms with Gasteiger partial charge in [0.25, 0.3) is 0 Å². The van der Waals surface area contributed by atoms with Crippen molar-refractivity contribution >= 4 is 17.5 Å². The highest BCUT2D eigenvalue weighted by molar-refractivity contribution is 6.31. The molecule has 0 radical (unpaired) electrons. The van der Waals surface area contributed by atoms with Crippen LogP contribution < -0.4 is 9.47 Å². The van der Waals surface area contributed by atoms with Crippen molar-refractivity contribution in [2.24, 2.45) is 0 Å². The normalized spacial score (nSPS) is 16.9. The van der Waals surface area contributed by atoms with Gasteiger partial charge in [0, 0.05) is 30.1 Å². The zero-order chi connectivity index (χ0) is 16.9. The topological polar surface area (TPSA) is 64.6 Å². The number of hydrogen-bond donors (Lipinski definition) is 0. The molecular weight excluding hydrogens is 330 g/mol. The molecule has 1 fully saturated rings. The van der Waals surface area contributed by atoms with Crippen LogP contribution in [0.25, 0.3) is 0 Å². The number of aromatic nitrogens is 2. The number of amides is 1. The Hall–Kier alpha value is -2.34. The monoisotopic (exact) mass is 347 g/mol. The Morgan fingerprint density at radius 3 is 2.71 bits per heavy atom. The first-order valence-electron chi connectivity index (χ1n) is 7.71. The van der Waals surface area contributed by atoms with Gasteiger partial charge in [0.2, 0.25) is 17.7 Å². The van der Waals surface area contributed by atoms with E-state index in [0.29, 0.717) is 36.3 Å². The standard InChI is InChI=1S/C17H18ClN3O3/c1-23-15-6-7-16(20-19-15)24-13-8-9-21(11-13)17(22)10-12-4-2-3-5-14(12)18/h2-7,13H,8-11H2,1H3. The van der Waals surface area contributed by atoms with Crippen molar-refractivity contribution in [2.75, 3.05) is 20.2 Å². The summed E-state index contributed by atoms with van der Waals surface area (Å²) in [4.78, 5) is 14.2. The maximum atomic E-state index is 12.4. The van der Waals surface area contributed by atoms with Crippen molar-refractivity contribution in [3.05, 3.63) is 47.0 Å². The molecule has 1 amide bonds. The smallest absolute Gasteiger partial charge is 0.233 e. The van der Waals surface area contributed by atoms with Crippen LogP contribution in [0.1, 0.15) is 12.0 Å². The summed E-state index contributed by atoms with van der Waals surface area (Å²) in [6.45, 7) is 1.20. The first-order valence-corrected chi connectivity index (χ1v) is 8.09. The second-order valence-electron chi connectivity index (χ2n) is 5.55. The van der Waals surface area contributed by atoms with E-state index in [-0.39, 0.29) is 12.0 Å².